The van der Waals surface area contributed by atoms with Crippen LogP contribution in [0.4, 0.5) is 0 Å². The Bertz CT molecular complexity index is 451. The Morgan fingerprint density at radius 2 is 1.41 bits per heavy atom. The third-order valence-corrected chi connectivity index (χ3v) is 2.73. The fourth-order valence-corrected chi connectivity index (χ4v) is 1.81. The number of nitrogens with two attached hydrogens (primary N) is 1. The molecule has 17 heavy (non-hydrogen) atoms. The maximum absolute atomic E-state index is 5.62. The summed E-state index contributed by atoms with van der Waals surface area (Å²) in [6, 6.07) is 18.8. The molecule has 88 valence electrons. The average Bonchev–Trinajstić information content (AvgIpc) is 2.40. The molecule has 0 aromatic heterocycles. The third-order valence-electron chi connectivity index (χ3n) is 2.73. The Morgan fingerprint density at radius 1 is 0.765 bits per heavy atom. The highest BCUT2D eigenvalue weighted by Gasteiger charge is 1.95. The van der Waals surface area contributed by atoms with Crippen molar-refractivity contribution in [2.75, 3.05) is 0 Å². The number of rotatable bonds is 5. The van der Waals surface area contributed by atoms with Gasteiger partial charge in [-0.2, -0.15) is 0 Å². The molecule has 0 fully saturated rings. The van der Waals surface area contributed by atoms with Crippen molar-refractivity contribution >= 4 is 0 Å². The summed E-state index contributed by atoms with van der Waals surface area (Å²) >= 11 is 0. The van der Waals surface area contributed by atoms with E-state index >= 15 is 0 Å². The van der Waals surface area contributed by atoms with Gasteiger partial charge in [-0.05, 0) is 16.7 Å². The molecule has 0 unspecified atom stereocenters. The molecular weight excluding hydrogens is 208 g/mol. The smallest absolute Gasteiger partial charge is 0.0208 e. The standard InChI is InChI=1S/C15H18N2/c16-10-14-7-4-8-15(9-14)12-17-11-13-5-2-1-3-6-13/h1-9,17H,10-12,16H2. The summed E-state index contributed by atoms with van der Waals surface area (Å²) in [4.78, 5) is 0. The predicted molar refractivity (Wildman–Crippen MR) is 71.3 cm³/mol. The highest BCUT2D eigenvalue weighted by molar-refractivity contribution is 5.23. The van der Waals surface area contributed by atoms with E-state index in [0.29, 0.717) is 6.54 Å². The molecule has 2 nitrogen and oxygen atoms in total. The van der Waals surface area contributed by atoms with E-state index in [1.165, 1.54) is 16.7 Å². The van der Waals surface area contributed by atoms with Crippen molar-refractivity contribution in [1.82, 2.24) is 5.32 Å². The van der Waals surface area contributed by atoms with Crippen LogP contribution in [0, 0.1) is 0 Å². The van der Waals surface area contributed by atoms with Crippen LogP contribution in [0.2, 0.25) is 0 Å². The summed E-state index contributed by atoms with van der Waals surface area (Å²) in [7, 11) is 0. The van der Waals surface area contributed by atoms with Crippen molar-refractivity contribution < 1.29 is 0 Å². The van der Waals surface area contributed by atoms with Crippen molar-refractivity contribution in [3.8, 4) is 0 Å². The molecule has 0 aliphatic carbocycles. The van der Waals surface area contributed by atoms with E-state index in [0.717, 1.165) is 13.1 Å². The maximum Gasteiger partial charge on any atom is 0.0208 e. The molecular formula is C15H18N2. The minimum absolute atomic E-state index is 0.604. The molecule has 0 bridgehead atoms. The van der Waals surface area contributed by atoms with Crippen molar-refractivity contribution in [3.05, 3.63) is 71.3 Å². The molecule has 2 heteroatoms. The monoisotopic (exact) mass is 226 g/mol. The quantitative estimate of drug-likeness (QED) is 0.821. The zero-order valence-electron chi connectivity index (χ0n) is 9.89. The fourth-order valence-electron chi connectivity index (χ4n) is 1.81. The largest absolute Gasteiger partial charge is 0.326 e. The Balaban J connectivity index is 1.86. The van der Waals surface area contributed by atoms with E-state index in [4.69, 9.17) is 5.73 Å². The van der Waals surface area contributed by atoms with Crippen molar-refractivity contribution in [2.45, 2.75) is 19.6 Å². The summed E-state index contributed by atoms with van der Waals surface area (Å²) in [6.07, 6.45) is 0. The van der Waals surface area contributed by atoms with Crippen molar-refractivity contribution in [1.29, 1.82) is 0 Å². The van der Waals surface area contributed by atoms with E-state index in [1.807, 2.05) is 6.07 Å². The van der Waals surface area contributed by atoms with Gasteiger partial charge in [0, 0.05) is 19.6 Å². The van der Waals surface area contributed by atoms with Crippen LogP contribution in [0.1, 0.15) is 16.7 Å². The van der Waals surface area contributed by atoms with Gasteiger partial charge >= 0.3 is 0 Å². The summed E-state index contributed by atoms with van der Waals surface area (Å²) in [5.74, 6) is 0. The molecule has 0 atom stereocenters. The summed E-state index contributed by atoms with van der Waals surface area (Å²) in [6.45, 7) is 2.38. The molecule has 2 rings (SSSR count). The fraction of sp³-hybridized carbons (Fsp3) is 0.200. The van der Waals surface area contributed by atoms with Gasteiger partial charge in [-0.1, -0.05) is 54.6 Å². The molecule has 0 spiro atoms. The van der Waals surface area contributed by atoms with Gasteiger partial charge in [-0.15, -0.1) is 0 Å². The molecule has 0 heterocycles. The zero-order valence-corrected chi connectivity index (χ0v) is 9.89. The summed E-state index contributed by atoms with van der Waals surface area (Å²) < 4.78 is 0. The second kappa shape index (κ2) is 6.18. The maximum atomic E-state index is 5.62. The number of hydrogen-bond donors (Lipinski definition) is 2. The molecule has 0 aliphatic rings. The van der Waals surface area contributed by atoms with Crippen LogP contribution in [0.3, 0.4) is 0 Å². The van der Waals surface area contributed by atoms with Gasteiger partial charge in [-0.3, -0.25) is 0 Å². The second-order valence-electron chi connectivity index (χ2n) is 4.11. The topological polar surface area (TPSA) is 38.0 Å². The first-order valence-corrected chi connectivity index (χ1v) is 5.91. The van der Waals surface area contributed by atoms with Gasteiger partial charge in [0.2, 0.25) is 0 Å². The zero-order chi connectivity index (χ0) is 11.9. The first-order chi connectivity index (χ1) is 8.38. The van der Waals surface area contributed by atoms with E-state index in [1.54, 1.807) is 0 Å². The van der Waals surface area contributed by atoms with Gasteiger partial charge in [-0.25, -0.2) is 0 Å². The van der Waals surface area contributed by atoms with E-state index in [9.17, 15) is 0 Å². The van der Waals surface area contributed by atoms with Crippen LogP contribution in [-0.2, 0) is 19.6 Å². The number of nitrogens with one attached hydrogen (secondary N) is 1. The molecule has 0 aliphatic heterocycles. The minimum atomic E-state index is 0.604. The van der Waals surface area contributed by atoms with Gasteiger partial charge in [0.15, 0.2) is 0 Å². The predicted octanol–water partition coefficient (Wildman–Crippen LogP) is 2.44. The van der Waals surface area contributed by atoms with Crippen LogP contribution in [0.25, 0.3) is 0 Å². The van der Waals surface area contributed by atoms with Crippen LogP contribution in [0.5, 0.6) is 0 Å². The second-order valence-corrected chi connectivity index (χ2v) is 4.11. The van der Waals surface area contributed by atoms with E-state index in [-0.39, 0.29) is 0 Å². The van der Waals surface area contributed by atoms with Gasteiger partial charge in [0.05, 0.1) is 0 Å². The number of hydrogen-bond acceptors (Lipinski definition) is 2. The molecule has 0 saturated heterocycles. The lowest BCUT2D eigenvalue weighted by molar-refractivity contribution is 0.692. The third kappa shape index (κ3) is 3.70. The first-order valence-electron chi connectivity index (χ1n) is 5.91. The lowest BCUT2D eigenvalue weighted by Gasteiger charge is -2.06. The molecule has 0 radical (unpaired) electrons. The van der Waals surface area contributed by atoms with Crippen LogP contribution in [0.15, 0.2) is 54.6 Å². The highest BCUT2D eigenvalue weighted by atomic mass is 14.8. The van der Waals surface area contributed by atoms with Crippen molar-refractivity contribution in [2.24, 2.45) is 5.73 Å². The number of benzene rings is 2. The Morgan fingerprint density at radius 3 is 2.18 bits per heavy atom. The lowest BCUT2D eigenvalue weighted by atomic mass is 10.1. The molecule has 2 aromatic carbocycles. The molecule has 0 saturated carbocycles. The van der Waals surface area contributed by atoms with E-state index < -0.39 is 0 Å². The first kappa shape index (κ1) is 11.8. The normalized spacial score (nSPS) is 10.4. The lowest BCUT2D eigenvalue weighted by Crippen LogP contribution is -2.12. The van der Waals surface area contributed by atoms with E-state index in [2.05, 4.69) is 53.8 Å². The highest BCUT2D eigenvalue weighted by Crippen LogP contribution is 2.05. The Labute approximate surface area is 102 Å². The van der Waals surface area contributed by atoms with Crippen LogP contribution < -0.4 is 11.1 Å². The van der Waals surface area contributed by atoms with Gasteiger partial charge in [0.25, 0.3) is 0 Å². The SMILES string of the molecule is NCc1cccc(CNCc2ccccc2)c1. The van der Waals surface area contributed by atoms with Crippen molar-refractivity contribution in [3.63, 3.8) is 0 Å². The van der Waals surface area contributed by atoms with Crippen LogP contribution >= 0.6 is 0 Å². The Kier molecular flexibility index (Phi) is 4.30. The van der Waals surface area contributed by atoms with Gasteiger partial charge < -0.3 is 11.1 Å². The molecule has 0 amide bonds. The summed E-state index contributed by atoms with van der Waals surface area (Å²) in [5, 5.41) is 3.43. The Hall–Kier alpha value is -1.64. The summed E-state index contributed by atoms with van der Waals surface area (Å²) in [5.41, 5.74) is 9.39. The molecule has 2 aromatic rings. The van der Waals surface area contributed by atoms with Gasteiger partial charge in [0.1, 0.15) is 0 Å². The average molecular weight is 226 g/mol. The van der Waals surface area contributed by atoms with Crippen LogP contribution in [-0.4, -0.2) is 0 Å². The minimum Gasteiger partial charge on any atom is -0.326 e. The molecule has 3 N–H and O–H groups in total.